The van der Waals surface area contributed by atoms with Crippen molar-refractivity contribution in [1.29, 1.82) is 0 Å². The van der Waals surface area contributed by atoms with Crippen LogP contribution in [0, 0.1) is 0 Å². The lowest BCUT2D eigenvalue weighted by Gasteiger charge is -2.05. The topological polar surface area (TPSA) is 51.2 Å². The largest absolute Gasteiger partial charge is 0.492 e. The van der Waals surface area contributed by atoms with E-state index in [0.717, 1.165) is 28.6 Å². The van der Waals surface area contributed by atoms with Crippen molar-refractivity contribution in [3.05, 3.63) is 54.4 Å². The molecule has 0 saturated heterocycles. The Morgan fingerprint density at radius 2 is 1.87 bits per heavy atom. The highest BCUT2D eigenvalue weighted by Gasteiger charge is 2.14. The maximum Gasteiger partial charge on any atom is 0.183 e. The third-order valence-electron chi connectivity index (χ3n) is 3.50. The van der Waals surface area contributed by atoms with Gasteiger partial charge in [-0.2, -0.15) is 0 Å². The van der Waals surface area contributed by atoms with E-state index < -0.39 is 0 Å². The van der Waals surface area contributed by atoms with Gasteiger partial charge in [-0.25, -0.2) is 4.98 Å². The average molecular weight is 308 g/mol. The molecule has 118 valence electrons. The number of fused-ring (bicyclic) bond motifs is 1. The number of hydrogen-bond donors (Lipinski definition) is 0. The van der Waals surface area contributed by atoms with E-state index in [0.29, 0.717) is 6.61 Å². The van der Waals surface area contributed by atoms with E-state index in [1.165, 1.54) is 0 Å². The van der Waals surface area contributed by atoms with Gasteiger partial charge in [-0.3, -0.25) is 4.40 Å². The molecule has 23 heavy (non-hydrogen) atoms. The van der Waals surface area contributed by atoms with Crippen molar-refractivity contribution in [2.75, 3.05) is 6.61 Å². The van der Waals surface area contributed by atoms with Crippen LogP contribution in [0.25, 0.3) is 5.65 Å². The SMILES string of the molecule is CCOc1ccccc1N=Nc1c(C(C)C)nc2ccccn12. The highest BCUT2D eigenvalue weighted by molar-refractivity contribution is 5.54. The van der Waals surface area contributed by atoms with E-state index in [9.17, 15) is 0 Å². The molecule has 3 rings (SSSR count). The number of pyridine rings is 1. The summed E-state index contributed by atoms with van der Waals surface area (Å²) in [4.78, 5) is 4.66. The van der Waals surface area contributed by atoms with Crippen LogP contribution in [0.4, 0.5) is 11.5 Å². The van der Waals surface area contributed by atoms with Crippen LogP contribution in [0.15, 0.2) is 58.9 Å². The summed E-state index contributed by atoms with van der Waals surface area (Å²) >= 11 is 0. The Bertz CT molecular complexity index is 836. The number of imidazole rings is 1. The average Bonchev–Trinajstić information content (AvgIpc) is 2.93. The van der Waals surface area contributed by atoms with Gasteiger partial charge in [0.25, 0.3) is 0 Å². The van der Waals surface area contributed by atoms with Gasteiger partial charge in [-0.1, -0.05) is 32.0 Å². The van der Waals surface area contributed by atoms with Crippen molar-refractivity contribution in [3.8, 4) is 5.75 Å². The van der Waals surface area contributed by atoms with Crippen LogP contribution < -0.4 is 4.74 Å². The monoisotopic (exact) mass is 308 g/mol. The quantitative estimate of drug-likeness (QED) is 0.603. The zero-order valence-corrected chi connectivity index (χ0v) is 13.6. The Morgan fingerprint density at radius 1 is 1.09 bits per heavy atom. The number of azo groups is 1. The number of para-hydroxylation sites is 1. The summed E-state index contributed by atoms with van der Waals surface area (Å²) in [5.74, 6) is 1.77. The number of ether oxygens (including phenoxy) is 1. The molecule has 0 saturated carbocycles. The van der Waals surface area contributed by atoms with Crippen LogP contribution in [0.5, 0.6) is 5.75 Å². The molecule has 0 amide bonds. The second kappa shape index (κ2) is 6.60. The molecule has 0 aliphatic heterocycles. The van der Waals surface area contributed by atoms with Gasteiger partial charge in [0.1, 0.15) is 17.1 Å². The van der Waals surface area contributed by atoms with E-state index in [2.05, 4.69) is 29.1 Å². The lowest BCUT2D eigenvalue weighted by molar-refractivity contribution is 0.341. The van der Waals surface area contributed by atoms with Crippen LogP contribution in [0.1, 0.15) is 32.4 Å². The first-order valence-electron chi connectivity index (χ1n) is 7.81. The van der Waals surface area contributed by atoms with Crippen LogP contribution in [-0.4, -0.2) is 16.0 Å². The zero-order chi connectivity index (χ0) is 16.2. The Morgan fingerprint density at radius 3 is 2.65 bits per heavy atom. The summed E-state index contributed by atoms with van der Waals surface area (Å²) < 4.78 is 7.56. The molecule has 0 atom stereocenters. The molecule has 2 aromatic heterocycles. The molecule has 1 aromatic carbocycles. The molecule has 0 spiro atoms. The summed E-state index contributed by atoms with van der Waals surface area (Å²) in [6.07, 6.45) is 1.96. The van der Waals surface area contributed by atoms with E-state index in [1.54, 1.807) is 0 Å². The van der Waals surface area contributed by atoms with Crippen LogP contribution >= 0.6 is 0 Å². The van der Waals surface area contributed by atoms with E-state index in [1.807, 2.05) is 60.0 Å². The fourth-order valence-electron chi connectivity index (χ4n) is 2.41. The molecular weight excluding hydrogens is 288 g/mol. The minimum Gasteiger partial charge on any atom is -0.492 e. The lowest BCUT2D eigenvalue weighted by atomic mass is 10.1. The van der Waals surface area contributed by atoms with Crippen molar-refractivity contribution < 1.29 is 4.74 Å². The van der Waals surface area contributed by atoms with Gasteiger partial charge in [0.05, 0.1) is 12.3 Å². The van der Waals surface area contributed by atoms with Crippen LogP contribution in [0.3, 0.4) is 0 Å². The Kier molecular flexibility index (Phi) is 4.37. The lowest BCUT2D eigenvalue weighted by Crippen LogP contribution is -1.91. The maximum absolute atomic E-state index is 5.60. The van der Waals surface area contributed by atoms with E-state index >= 15 is 0 Å². The highest BCUT2D eigenvalue weighted by atomic mass is 16.5. The third-order valence-corrected chi connectivity index (χ3v) is 3.50. The number of aromatic nitrogens is 2. The fraction of sp³-hybridized carbons (Fsp3) is 0.278. The van der Waals surface area contributed by atoms with Crippen molar-refractivity contribution in [2.24, 2.45) is 10.2 Å². The predicted octanol–water partition coefficient (Wildman–Crippen LogP) is 5.27. The normalized spacial score (nSPS) is 11.7. The Hall–Kier alpha value is -2.69. The van der Waals surface area contributed by atoms with Gasteiger partial charge in [0, 0.05) is 6.20 Å². The van der Waals surface area contributed by atoms with Crippen molar-refractivity contribution in [1.82, 2.24) is 9.38 Å². The first-order valence-corrected chi connectivity index (χ1v) is 7.81. The molecule has 3 aromatic rings. The molecule has 5 heteroatoms. The van der Waals surface area contributed by atoms with Crippen LogP contribution in [0.2, 0.25) is 0 Å². The van der Waals surface area contributed by atoms with Crippen LogP contribution in [-0.2, 0) is 0 Å². The molecular formula is C18H20N4O. The second-order valence-corrected chi connectivity index (χ2v) is 5.50. The highest BCUT2D eigenvalue weighted by Crippen LogP contribution is 2.32. The van der Waals surface area contributed by atoms with Crippen molar-refractivity contribution in [2.45, 2.75) is 26.7 Å². The Balaban J connectivity index is 2.06. The van der Waals surface area contributed by atoms with Gasteiger partial charge in [0.15, 0.2) is 5.82 Å². The smallest absolute Gasteiger partial charge is 0.183 e. The number of nitrogens with zero attached hydrogens (tertiary/aromatic N) is 4. The minimum absolute atomic E-state index is 0.269. The molecule has 0 bridgehead atoms. The van der Waals surface area contributed by atoms with E-state index in [4.69, 9.17) is 4.74 Å². The van der Waals surface area contributed by atoms with Gasteiger partial charge in [-0.15, -0.1) is 10.2 Å². The van der Waals surface area contributed by atoms with Crippen molar-refractivity contribution in [3.63, 3.8) is 0 Å². The number of benzene rings is 1. The maximum atomic E-state index is 5.60. The zero-order valence-electron chi connectivity index (χ0n) is 13.6. The number of hydrogen-bond acceptors (Lipinski definition) is 4. The summed E-state index contributed by atoms with van der Waals surface area (Å²) in [5, 5.41) is 8.87. The molecule has 0 unspecified atom stereocenters. The molecule has 0 fully saturated rings. The molecule has 0 aliphatic carbocycles. The standard InChI is InChI=1S/C18H20N4O/c1-4-23-15-10-6-5-9-14(15)20-21-18-17(13(2)3)19-16-11-7-8-12-22(16)18/h5-13H,4H2,1-3H3. The van der Waals surface area contributed by atoms with Gasteiger partial charge < -0.3 is 4.74 Å². The first kappa shape index (κ1) is 15.2. The van der Waals surface area contributed by atoms with Gasteiger partial charge in [0.2, 0.25) is 0 Å². The summed E-state index contributed by atoms with van der Waals surface area (Å²) in [6.45, 7) is 6.76. The summed E-state index contributed by atoms with van der Waals surface area (Å²) in [5.41, 5.74) is 2.53. The van der Waals surface area contributed by atoms with Gasteiger partial charge in [-0.05, 0) is 37.1 Å². The fourth-order valence-corrected chi connectivity index (χ4v) is 2.41. The molecule has 2 heterocycles. The molecule has 0 N–H and O–H groups in total. The summed E-state index contributed by atoms with van der Waals surface area (Å²) in [6, 6.07) is 13.6. The minimum atomic E-state index is 0.269. The Labute approximate surface area is 135 Å². The van der Waals surface area contributed by atoms with E-state index in [-0.39, 0.29) is 5.92 Å². The number of rotatable bonds is 5. The summed E-state index contributed by atoms with van der Waals surface area (Å²) in [7, 11) is 0. The predicted molar refractivity (Wildman–Crippen MR) is 91.1 cm³/mol. The molecule has 0 radical (unpaired) electrons. The van der Waals surface area contributed by atoms with Gasteiger partial charge >= 0.3 is 0 Å². The second-order valence-electron chi connectivity index (χ2n) is 5.50. The molecule has 5 nitrogen and oxygen atoms in total. The van der Waals surface area contributed by atoms with Crippen molar-refractivity contribution >= 4 is 17.2 Å². The third kappa shape index (κ3) is 3.08. The molecule has 0 aliphatic rings. The first-order chi connectivity index (χ1) is 11.2.